The Morgan fingerprint density at radius 2 is 1.93 bits per heavy atom. The fourth-order valence-electron chi connectivity index (χ4n) is 8.89. The third-order valence-corrected chi connectivity index (χ3v) is 10.8. The van der Waals surface area contributed by atoms with E-state index in [1.165, 1.54) is 70.6 Å². The van der Waals surface area contributed by atoms with Gasteiger partial charge in [0.25, 0.3) is 0 Å². The monoisotopic (exact) mass is 400 g/mol. The molecule has 4 aliphatic rings. The highest BCUT2D eigenvalue weighted by atomic mass is 16.3. The zero-order chi connectivity index (χ0) is 20.8. The number of rotatable bonds is 6. The Morgan fingerprint density at radius 1 is 1.14 bits per heavy atom. The first-order chi connectivity index (χ1) is 13.8. The van der Waals surface area contributed by atoms with Crippen LogP contribution in [0.4, 0.5) is 0 Å². The van der Waals surface area contributed by atoms with E-state index >= 15 is 0 Å². The van der Waals surface area contributed by atoms with Crippen LogP contribution in [-0.2, 0) is 0 Å². The van der Waals surface area contributed by atoms with Gasteiger partial charge in [-0.25, -0.2) is 0 Å². The maximum Gasteiger partial charge on any atom is 0.0579 e. The summed E-state index contributed by atoms with van der Waals surface area (Å²) in [6.45, 7) is 12.4. The molecule has 1 N–H and O–H groups in total. The van der Waals surface area contributed by atoms with Gasteiger partial charge in [-0.05, 0) is 91.3 Å². The van der Waals surface area contributed by atoms with Gasteiger partial charge < -0.3 is 5.11 Å². The van der Waals surface area contributed by atoms with E-state index in [2.05, 4.69) is 40.7 Å². The molecule has 0 bridgehead atoms. The highest BCUT2D eigenvalue weighted by Gasteiger charge is 2.61. The Hall–Kier alpha value is -0.300. The number of allylic oxidation sites excluding steroid dienone is 2. The molecule has 29 heavy (non-hydrogen) atoms. The normalized spacial score (nSPS) is 46.3. The van der Waals surface area contributed by atoms with E-state index in [0.29, 0.717) is 16.7 Å². The fourth-order valence-corrected chi connectivity index (χ4v) is 8.89. The lowest BCUT2D eigenvalue weighted by atomic mass is 9.47. The van der Waals surface area contributed by atoms with Gasteiger partial charge in [-0.1, -0.05) is 78.4 Å². The van der Waals surface area contributed by atoms with Gasteiger partial charge in [0.1, 0.15) is 0 Å². The van der Waals surface area contributed by atoms with Crippen LogP contribution in [0.1, 0.15) is 112 Å². The summed E-state index contributed by atoms with van der Waals surface area (Å²) in [4.78, 5) is 0. The van der Waals surface area contributed by atoms with Gasteiger partial charge in [0.05, 0.1) is 6.10 Å². The number of fused-ring (bicyclic) bond motifs is 5. The molecule has 0 radical (unpaired) electrons. The topological polar surface area (TPSA) is 20.2 Å². The molecule has 1 heteroatoms. The summed E-state index contributed by atoms with van der Waals surface area (Å²) < 4.78 is 0. The van der Waals surface area contributed by atoms with Crippen LogP contribution in [0.3, 0.4) is 0 Å². The van der Waals surface area contributed by atoms with Gasteiger partial charge in [0.2, 0.25) is 0 Å². The number of aliphatic hydroxyl groups excluding tert-OH is 1. The van der Waals surface area contributed by atoms with Crippen molar-refractivity contribution in [3.05, 3.63) is 11.6 Å². The number of hydrogen-bond acceptors (Lipinski definition) is 1. The average Bonchev–Trinajstić information content (AvgIpc) is 2.98. The Bertz CT molecular complexity index is 607. The number of hydrogen-bond donors (Lipinski definition) is 1. The van der Waals surface area contributed by atoms with Crippen LogP contribution in [0.15, 0.2) is 11.6 Å². The Kier molecular flexibility index (Phi) is 6.29. The summed E-state index contributed by atoms with van der Waals surface area (Å²) in [5.41, 5.74) is 2.60. The molecule has 1 unspecified atom stereocenters. The van der Waals surface area contributed by atoms with Crippen molar-refractivity contribution >= 4 is 0 Å². The van der Waals surface area contributed by atoms with E-state index in [9.17, 15) is 5.11 Å². The van der Waals surface area contributed by atoms with Gasteiger partial charge in [0.15, 0.2) is 0 Å². The molecule has 0 amide bonds. The van der Waals surface area contributed by atoms with E-state index in [4.69, 9.17) is 0 Å². The second kappa shape index (κ2) is 8.33. The lowest BCUT2D eigenvalue weighted by Crippen LogP contribution is -2.51. The molecule has 1 nitrogen and oxygen atoms in total. The predicted octanol–water partition coefficient (Wildman–Crippen LogP) is 7.78. The molecule has 166 valence electrons. The summed E-state index contributed by atoms with van der Waals surface area (Å²) in [7, 11) is 0. The van der Waals surface area contributed by atoms with Crippen molar-refractivity contribution in [2.75, 3.05) is 0 Å². The standard InChI is InChI=1S/C28H48O/c1-6-19(2)10-9-11-20(3)24-18-25(29)26-22-14-13-21-12-7-8-16-27(21,4)23(22)15-17-28(24,26)5/h13,19-20,22-26,29H,6-12,14-18H2,1-5H3/t19?,20-,22-,23+,24-,25-,26-,27+,28-/m1/s1. The molecule has 0 heterocycles. The molecule has 3 saturated carbocycles. The lowest BCUT2D eigenvalue weighted by molar-refractivity contribution is -0.0766. The summed E-state index contributed by atoms with van der Waals surface area (Å²) >= 11 is 0. The Labute approximate surface area is 181 Å². The minimum atomic E-state index is -0.0584. The van der Waals surface area contributed by atoms with E-state index in [0.717, 1.165) is 36.0 Å². The van der Waals surface area contributed by atoms with E-state index in [-0.39, 0.29) is 6.10 Å². The minimum Gasteiger partial charge on any atom is -0.393 e. The zero-order valence-corrected chi connectivity index (χ0v) is 20.1. The maximum absolute atomic E-state index is 11.4. The molecule has 4 rings (SSSR count). The quantitative estimate of drug-likeness (QED) is 0.451. The molecule has 4 aliphatic carbocycles. The first-order valence-corrected chi connectivity index (χ1v) is 13.2. The third-order valence-electron chi connectivity index (χ3n) is 10.8. The predicted molar refractivity (Wildman–Crippen MR) is 124 cm³/mol. The van der Waals surface area contributed by atoms with Gasteiger partial charge in [-0.15, -0.1) is 0 Å². The second-order valence-electron chi connectivity index (χ2n) is 12.3. The van der Waals surface area contributed by atoms with Crippen LogP contribution in [0.25, 0.3) is 0 Å². The van der Waals surface area contributed by atoms with Crippen LogP contribution in [0.2, 0.25) is 0 Å². The fraction of sp³-hybridized carbons (Fsp3) is 0.929. The molecule has 0 aromatic carbocycles. The largest absolute Gasteiger partial charge is 0.393 e. The van der Waals surface area contributed by atoms with Gasteiger partial charge in [-0.2, -0.15) is 0 Å². The highest BCUT2D eigenvalue weighted by Crippen LogP contribution is 2.67. The van der Waals surface area contributed by atoms with Crippen LogP contribution in [-0.4, -0.2) is 11.2 Å². The SMILES string of the molecule is CCC(C)CCC[C@@H](C)[C@H]1C[C@@H](O)[C@H]2[C@@H]3CC=C4CCCC[C@]4(C)[C@H]3CC[C@@]21C. The molecule has 3 fully saturated rings. The molecule has 0 aliphatic heterocycles. The first-order valence-electron chi connectivity index (χ1n) is 13.2. The van der Waals surface area contributed by atoms with Gasteiger partial charge in [-0.3, -0.25) is 0 Å². The molecule has 0 aromatic rings. The van der Waals surface area contributed by atoms with Crippen molar-refractivity contribution in [2.24, 2.45) is 46.3 Å². The van der Waals surface area contributed by atoms with Crippen molar-refractivity contribution in [1.29, 1.82) is 0 Å². The van der Waals surface area contributed by atoms with Crippen molar-refractivity contribution < 1.29 is 5.11 Å². The van der Waals surface area contributed by atoms with Crippen LogP contribution < -0.4 is 0 Å². The van der Waals surface area contributed by atoms with Crippen molar-refractivity contribution in [3.63, 3.8) is 0 Å². The lowest BCUT2D eigenvalue weighted by Gasteiger charge is -2.58. The molecular weight excluding hydrogens is 352 g/mol. The van der Waals surface area contributed by atoms with Crippen LogP contribution in [0.5, 0.6) is 0 Å². The number of aliphatic hydroxyl groups is 1. The molecule has 0 aromatic heterocycles. The average molecular weight is 401 g/mol. The summed E-state index contributed by atoms with van der Waals surface area (Å²) in [5.74, 6) is 4.46. The molecule has 0 spiro atoms. The van der Waals surface area contributed by atoms with Crippen LogP contribution >= 0.6 is 0 Å². The molecular formula is C28H48O. The Morgan fingerprint density at radius 3 is 2.69 bits per heavy atom. The van der Waals surface area contributed by atoms with Gasteiger partial charge in [0, 0.05) is 0 Å². The van der Waals surface area contributed by atoms with Crippen molar-refractivity contribution in [2.45, 2.75) is 118 Å². The highest BCUT2D eigenvalue weighted by molar-refractivity contribution is 5.25. The maximum atomic E-state index is 11.4. The Balaban J connectivity index is 1.50. The van der Waals surface area contributed by atoms with Crippen LogP contribution in [0, 0.1) is 46.3 Å². The van der Waals surface area contributed by atoms with E-state index < -0.39 is 0 Å². The summed E-state index contributed by atoms with van der Waals surface area (Å²) in [5, 5.41) is 11.4. The summed E-state index contributed by atoms with van der Waals surface area (Å²) in [6.07, 6.45) is 18.7. The smallest absolute Gasteiger partial charge is 0.0579 e. The molecule has 9 atom stereocenters. The molecule has 0 saturated heterocycles. The first kappa shape index (κ1) is 21.9. The van der Waals surface area contributed by atoms with E-state index in [1.807, 2.05) is 0 Å². The third kappa shape index (κ3) is 3.66. The van der Waals surface area contributed by atoms with Crippen molar-refractivity contribution in [3.8, 4) is 0 Å². The van der Waals surface area contributed by atoms with Gasteiger partial charge >= 0.3 is 0 Å². The van der Waals surface area contributed by atoms with Crippen molar-refractivity contribution in [1.82, 2.24) is 0 Å². The van der Waals surface area contributed by atoms with E-state index in [1.54, 1.807) is 5.57 Å². The minimum absolute atomic E-state index is 0.0584. The zero-order valence-electron chi connectivity index (χ0n) is 20.1. The summed E-state index contributed by atoms with van der Waals surface area (Å²) in [6, 6.07) is 0. The second-order valence-corrected chi connectivity index (χ2v) is 12.3.